The fourth-order valence-electron chi connectivity index (χ4n) is 2.00. The predicted molar refractivity (Wildman–Crippen MR) is 61.4 cm³/mol. The lowest BCUT2D eigenvalue weighted by Gasteiger charge is -2.26. The van der Waals surface area contributed by atoms with E-state index in [1.54, 1.807) is 0 Å². The Kier molecular flexibility index (Phi) is 8.07. The van der Waals surface area contributed by atoms with Gasteiger partial charge in [0, 0.05) is 0 Å². The monoisotopic (exact) mass is 237 g/mol. The fraction of sp³-hybridized carbons (Fsp3) is 1.00. The summed E-state index contributed by atoms with van der Waals surface area (Å²) in [5, 5.41) is 0. The second-order valence-corrected chi connectivity index (χ2v) is 8.43. The fourth-order valence-corrected chi connectivity index (χ4v) is 6.00. The lowest BCUT2D eigenvalue weighted by atomic mass is 10.5. The molecule has 0 N–H and O–H groups in total. The molecule has 0 aliphatic rings. The zero-order chi connectivity index (χ0) is 8.31. The molecule has 0 saturated carbocycles. The van der Waals surface area contributed by atoms with Gasteiger partial charge < -0.3 is 0 Å². The summed E-state index contributed by atoms with van der Waals surface area (Å²) in [5.74, 6) is 0. The molecule has 0 amide bonds. The van der Waals surface area contributed by atoms with Gasteiger partial charge in [0.15, 0.2) is 0 Å². The first-order valence-electron chi connectivity index (χ1n) is 4.33. The number of hydrogen-bond donors (Lipinski definition) is 0. The van der Waals surface area contributed by atoms with Crippen molar-refractivity contribution in [1.29, 1.82) is 0 Å². The quantitative estimate of drug-likeness (QED) is 0.643. The second kappa shape index (κ2) is 6.24. The van der Waals surface area contributed by atoms with Crippen LogP contribution < -0.4 is 0 Å². The molecule has 0 heterocycles. The molecule has 0 rings (SSSR count). The van der Waals surface area contributed by atoms with Crippen molar-refractivity contribution in [2.75, 3.05) is 0 Å². The zero-order valence-corrected chi connectivity index (χ0v) is 11.4. The van der Waals surface area contributed by atoms with Gasteiger partial charge in [0.1, 0.15) is 0 Å². The van der Waals surface area contributed by atoms with Gasteiger partial charge in [0.05, 0.1) is 8.80 Å². The smallest absolute Gasteiger partial charge is 0.0561 e. The first-order valence-corrected chi connectivity index (χ1v) is 6.06. The molecule has 1 radical (unpaired) electrons. The van der Waals surface area contributed by atoms with Crippen LogP contribution in [0.25, 0.3) is 0 Å². The van der Waals surface area contributed by atoms with Crippen LogP contribution in [-0.4, -0.2) is 8.80 Å². The van der Waals surface area contributed by atoms with E-state index in [1.165, 1.54) is 0 Å². The molecular weight excluding hydrogens is 216 g/mol. The van der Waals surface area contributed by atoms with Gasteiger partial charge in [-0.05, 0) is 0 Å². The van der Waals surface area contributed by atoms with Crippen LogP contribution in [0.3, 0.4) is 0 Å². The van der Waals surface area contributed by atoms with Crippen molar-refractivity contribution >= 4 is 25.8 Å². The minimum absolute atomic E-state index is 0. The average Bonchev–Trinajstić information content (AvgIpc) is 1.59. The van der Waals surface area contributed by atoms with Crippen LogP contribution in [0.4, 0.5) is 0 Å². The van der Waals surface area contributed by atoms with E-state index < -0.39 is 0 Å². The van der Waals surface area contributed by atoms with E-state index in [-0.39, 0.29) is 25.8 Å². The van der Waals surface area contributed by atoms with Gasteiger partial charge in [0.25, 0.3) is 0 Å². The molecule has 0 fully saturated rings. The summed E-state index contributed by atoms with van der Waals surface area (Å²) in [5.41, 5.74) is 2.81. The molecule has 0 aliphatic heterocycles. The molecule has 69 valence electrons. The van der Waals surface area contributed by atoms with E-state index in [4.69, 9.17) is 0 Å². The third kappa shape index (κ3) is 5.02. The van der Waals surface area contributed by atoms with Crippen LogP contribution >= 0.6 is 17.0 Å². The van der Waals surface area contributed by atoms with Gasteiger partial charge >= 0.3 is 0 Å². The van der Waals surface area contributed by atoms with Crippen molar-refractivity contribution in [1.82, 2.24) is 0 Å². The third-order valence-corrected chi connectivity index (χ3v) is 6.00. The standard InChI is InChI=1S/C9H21Si.BrH/c1-7(2)10(8(3)4)9(5)6;/h7-9H,1-6H3;1H. The average molecular weight is 238 g/mol. The van der Waals surface area contributed by atoms with Crippen molar-refractivity contribution in [3.8, 4) is 0 Å². The Labute approximate surface area is 84.1 Å². The third-order valence-electron chi connectivity index (χ3n) is 2.00. The molecule has 0 spiro atoms. The highest BCUT2D eigenvalue weighted by atomic mass is 79.9. The Morgan fingerprint density at radius 3 is 0.818 bits per heavy atom. The summed E-state index contributed by atoms with van der Waals surface area (Å²) >= 11 is 0. The molecule has 0 aromatic rings. The minimum Gasteiger partial charge on any atom is -0.114 e. The first-order chi connectivity index (χ1) is 4.46. The Balaban J connectivity index is 0. The molecule has 0 aromatic heterocycles. The molecule has 0 atom stereocenters. The number of rotatable bonds is 3. The molecule has 0 aliphatic carbocycles. The molecule has 2 heteroatoms. The van der Waals surface area contributed by atoms with Gasteiger partial charge in [-0.3, -0.25) is 0 Å². The van der Waals surface area contributed by atoms with E-state index in [0.29, 0.717) is 0 Å². The van der Waals surface area contributed by atoms with Crippen LogP contribution in [0.1, 0.15) is 41.5 Å². The van der Waals surface area contributed by atoms with Crippen LogP contribution in [0.15, 0.2) is 0 Å². The molecule has 0 bridgehead atoms. The van der Waals surface area contributed by atoms with Crippen LogP contribution in [0.2, 0.25) is 16.6 Å². The lowest BCUT2D eigenvalue weighted by molar-refractivity contribution is 0.863. The normalized spacial score (nSPS) is 11.5. The molecule has 0 unspecified atom stereocenters. The molecule has 0 nitrogen and oxygen atoms in total. The molecule has 0 saturated heterocycles. The van der Waals surface area contributed by atoms with Gasteiger partial charge in [-0.2, -0.15) is 0 Å². The second-order valence-electron chi connectivity index (χ2n) is 3.96. The zero-order valence-electron chi connectivity index (χ0n) is 8.64. The van der Waals surface area contributed by atoms with E-state index >= 15 is 0 Å². The summed E-state index contributed by atoms with van der Waals surface area (Å²) in [4.78, 5) is 0. The Hall–Kier alpha value is 0.697. The van der Waals surface area contributed by atoms with Crippen LogP contribution in [0.5, 0.6) is 0 Å². The van der Waals surface area contributed by atoms with Crippen LogP contribution in [0, 0.1) is 0 Å². The first kappa shape index (κ1) is 14.2. The summed E-state index contributed by atoms with van der Waals surface area (Å²) in [6, 6.07) is 0. The van der Waals surface area contributed by atoms with Crippen molar-refractivity contribution in [2.45, 2.75) is 58.2 Å². The van der Waals surface area contributed by atoms with Gasteiger partial charge in [-0.25, -0.2) is 0 Å². The van der Waals surface area contributed by atoms with Gasteiger partial charge in [-0.1, -0.05) is 58.2 Å². The largest absolute Gasteiger partial charge is 0.114 e. The van der Waals surface area contributed by atoms with Crippen LogP contribution in [-0.2, 0) is 0 Å². The summed E-state index contributed by atoms with van der Waals surface area (Å²) in [7, 11) is -0.0957. The predicted octanol–water partition coefficient (Wildman–Crippen LogP) is 4.29. The maximum atomic E-state index is 2.37. The van der Waals surface area contributed by atoms with Crippen molar-refractivity contribution < 1.29 is 0 Å². The lowest BCUT2D eigenvalue weighted by Crippen LogP contribution is -2.24. The summed E-state index contributed by atoms with van der Waals surface area (Å²) in [6.07, 6.45) is 0. The molecule has 0 aromatic carbocycles. The summed E-state index contributed by atoms with van der Waals surface area (Å²) in [6.45, 7) is 14.2. The highest BCUT2D eigenvalue weighted by molar-refractivity contribution is 8.93. The molecule has 11 heavy (non-hydrogen) atoms. The van der Waals surface area contributed by atoms with Crippen molar-refractivity contribution in [2.24, 2.45) is 0 Å². The Morgan fingerprint density at radius 2 is 0.818 bits per heavy atom. The highest BCUT2D eigenvalue weighted by Crippen LogP contribution is 2.28. The van der Waals surface area contributed by atoms with Gasteiger partial charge in [0.2, 0.25) is 0 Å². The maximum Gasteiger partial charge on any atom is 0.0561 e. The highest BCUT2D eigenvalue weighted by Gasteiger charge is 2.22. The topological polar surface area (TPSA) is 0 Å². The Bertz CT molecular complexity index is 70.5. The van der Waals surface area contributed by atoms with E-state index in [0.717, 1.165) is 16.6 Å². The van der Waals surface area contributed by atoms with E-state index in [1.807, 2.05) is 0 Å². The molecular formula is C9H22BrSi. The van der Waals surface area contributed by atoms with E-state index in [2.05, 4.69) is 41.5 Å². The van der Waals surface area contributed by atoms with Crippen molar-refractivity contribution in [3.05, 3.63) is 0 Å². The SMILES string of the molecule is Br.CC(C)[Si](C(C)C)C(C)C. The minimum atomic E-state index is -0.0957. The number of hydrogen-bond acceptors (Lipinski definition) is 0. The van der Waals surface area contributed by atoms with E-state index in [9.17, 15) is 0 Å². The summed E-state index contributed by atoms with van der Waals surface area (Å²) < 4.78 is 0. The number of halogens is 1. The van der Waals surface area contributed by atoms with Crippen molar-refractivity contribution in [3.63, 3.8) is 0 Å². The maximum absolute atomic E-state index is 2.37. The van der Waals surface area contributed by atoms with Gasteiger partial charge in [-0.15, -0.1) is 17.0 Å². The Morgan fingerprint density at radius 1 is 0.636 bits per heavy atom.